The third kappa shape index (κ3) is 4.20. The van der Waals surface area contributed by atoms with Gasteiger partial charge in [-0.25, -0.2) is 4.39 Å². The average molecular weight is 433 g/mol. The van der Waals surface area contributed by atoms with Crippen molar-refractivity contribution in [3.05, 3.63) is 83.1 Å². The molecule has 0 aliphatic rings. The van der Waals surface area contributed by atoms with Crippen LogP contribution in [0.4, 0.5) is 4.39 Å². The molecular formula is C25H24FN3O3. The van der Waals surface area contributed by atoms with E-state index >= 15 is 4.39 Å². The Bertz CT molecular complexity index is 1310. The first-order valence-corrected chi connectivity index (χ1v) is 10.2. The molecule has 0 unspecified atom stereocenters. The van der Waals surface area contributed by atoms with E-state index in [-0.39, 0.29) is 25.3 Å². The van der Waals surface area contributed by atoms with E-state index in [0.717, 1.165) is 27.6 Å². The molecule has 0 atom stereocenters. The Labute approximate surface area is 185 Å². The number of aromatic nitrogens is 2. The van der Waals surface area contributed by atoms with Crippen molar-refractivity contribution in [2.75, 3.05) is 0 Å². The number of carboxylic acids is 1. The Hall–Kier alpha value is -3.71. The molecule has 3 N–H and O–H groups in total. The van der Waals surface area contributed by atoms with Crippen LogP contribution in [0.2, 0.25) is 0 Å². The van der Waals surface area contributed by atoms with Crippen LogP contribution < -0.4 is 10.5 Å². The van der Waals surface area contributed by atoms with Gasteiger partial charge in [0.1, 0.15) is 12.4 Å². The number of aryl methyl sites for hydroxylation is 2. The summed E-state index contributed by atoms with van der Waals surface area (Å²) in [5.74, 6) is -0.822. The Morgan fingerprint density at radius 2 is 2.00 bits per heavy atom. The number of hydrogen-bond donors (Lipinski definition) is 2. The molecule has 0 aliphatic heterocycles. The monoisotopic (exact) mass is 433 g/mol. The second-order valence-corrected chi connectivity index (χ2v) is 7.80. The molecule has 0 saturated heterocycles. The number of hydrogen-bond acceptors (Lipinski definition) is 4. The van der Waals surface area contributed by atoms with Gasteiger partial charge < -0.3 is 20.1 Å². The van der Waals surface area contributed by atoms with Gasteiger partial charge in [0, 0.05) is 48.0 Å². The summed E-state index contributed by atoms with van der Waals surface area (Å²) in [7, 11) is 1.93. The van der Waals surface area contributed by atoms with Gasteiger partial charge in [-0.3, -0.25) is 9.78 Å². The molecule has 2 aromatic heterocycles. The molecule has 164 valence electrons. The summed E-state index contributed by atoms with van der Waals surface area (Å²) in [5.41, 5.74) is 10.4. The van der Waals surface area contributed by atoms with Gasteiger partial charge in [0.2, 0.25) is 0 Å². The Balaban J connectivity index is 1.75. The maximum atomic E-state index is 15.1. The number of pyridine rings is 1. The minimum Gasteiger partial charge on any atom is -0.489 e. The third-order valence-corrected chi connectivity index (χ3v) is 5.47. The number of rotatable bonds is 7. The molecule has 6 nitrogen and oxygen atoms in total. The summed E-state index contributed by atoms with van der Waals surface area (Å²) in [6.07, 6.45) is 3.36. The molecular weight excluding hydrogens is 409 g/mol. The van der Waals surface area contributed by atoms with Crippen LogP contribution in [-0.2, 0) is 31.4 Å². The van der Waals surface area contributed by atoms with Crippen molar-refractivity contribution in [2.24, 2.45) is 12.8 Å². The van der Waals surface area contributed by atoms with Gasteiger partial charge in [0.25, 0.3) is 0 Å². The van der Waals surface area contributed by atoms with Crippen molar-refractivity contribution in [1.82, 2.24) is 9.55 Å². The highest BCUT2D eigenvalue weighted by molar-refractivity contribution is 5.96. The van der Waals surface area contributed by atoms with E-state index in [0.29, 0.717) is 16.9 Å². The summed E-state index contributed by atoms with van der Waals surface area (Å²) in [6, 6.07) is 12.9. The molecule has 4 rings (SSSR count). The van der Waals surface area contributed by atoms with E-state index in [9.17, 15) is 9.90 Å². The molecule has 4 aromatic rings. The number of benzene rings is 2. The molecule has 0 amide bonds. The van der Waals surface area contributed by atoms with Crippen molar-refractivity contribution in [1.29, 1.82) is 0 Å². The Morgan fingerprint density at radius 1 is 1.19 bits per heavy atom. The van der Waals surface area contributed by atoms with Gasteiger partial charge in [-0.1, -0.05) is 12.1 Å². The SMILES string of the molecule is Cc1ccc(CC(=O)O)c(OCc2cc(-c3ccnc(CN)c3F)c3ccn(C)c3c2)c1. The minimum absolute atomic E-state index is 0.0140. The lowest BCUT2D eigenvalue weighted by Gasteiger charge is -2.14. The lowest BCUT2D eigenvalue weighted by Crippen LogP contribution is -2.05. The number of nitrogens with zero attached hydrogens (tertiary/aromatic N) is 2. The van der Waals surface area contributed by atoms with Crippen LogP contribution in [0.1, 0.15) is 22.4 Å². The highest BCUT2D eigenvalue weighted by Crippen LogP contribution is 2.33. The number of ether oxygens (including phenoxy) is 1. The number of halogens is 1. The van der Waals surface area contributed by atoms with Crippen LogP contribution in [0, 0.1) is 12.7 Å². The Morgan fingerprint density at radius 3 is 2.75 bits per heavy atom. The van der Waals surface area contributed by atoms with Crippen molar-refractivity contribution in [3.63, 3.8) is 0 Å². The zero-order chi connectivity index (χ0) is 22.8. The molecule has 7 heteroatoms. The minimum atomic E-state index is -0.921. The molecule has 0 spiro atoms. The predicted octanol–water partition coefficient (Wildman–Crippen LogP) is 4.35. The van der Waals surface area contributed by atoms with E-state index in [1.54, 1.807) is 18.3 Å². The van der Waals surface area contributed by atoms with E-state index in [2.05, 4.69) is 4.98 Å². The zero-order valence-corrected chi connectivity index (χ0v) is 17.9. The molecule has 0 bridgehead atoms. The fraction of sp³-hybridized carbons (Fsp3) is 0.200. The van der Waals surface area contributed by atoms with Crippen LogP contribution >= 0.6 is 0 Å². The molecule has 2 aromatic carbocycles. The average Bonchev–Trinajstić information content (AvgIpc) is 3.14. The molecule has 0 saturated carbocycles. The van der Waals surface area contributed by atoms with Crippen LogP contribution in [0.3, 0.4) is 0 Å². The van der Waals surface area contributed by atoms with Crippen LogP contribution in [-0.4, -0.2) is 20.6 Å². The second-order valence-electron chi connectivity index (χ2n) is 7.80. The molecule has 2 heterocycles. The Kier molecular flexibility index (Phi) is 5.92. The smallest absolute Gasteiger partial charge is 0.307 e. The van der Waals surface area contributed by atoms with Gasteiger partial charge in [-0.2, -0.15) is 0 Å². The molecule has 0 fully saturated rings. The fourth-order valence-electron chi connectivity index (χ4n) is 3.84. The highest BCUT2D eigenvalue weighted by Gasteiger charge is 2.16. The van der Waals surface area contributed by atoms with Gasteiger partial charge in [-0.05, 0) is 53.9 Å². The van der Waals surface area contributed by atoms with Crippen LogP contribution in [0.25, 0.3) is 22.0 Å². The van der Waals surface area contributed by atoms with Crippen molar-refractivity contribution in [3.8, 4) is 16.9 Å². The number of nitrogens with two attached hydrogens (primary N) is 1. The van der Waals surface area contributed by atoms with E-state index in [1.165, 1.54) is 0 Å². The first kappa shape index (κ1) is 21.5. The van der Waals surface area contributed by atoms with E-state index in [4.69, 9.17) is 10.5 Å². The number of aliphatic carboxylic acids is 1. The molecule has 0 radical (unpaired) electrons. The first-order chi connectivity index (χ1) is 15.4. The summed E-state index contributed by atoms with van der Waals surface area (Å²) in [6.45, 7) is 2.15. The van der Waals surface area contributed by atoms with Crippen molar-refractivity contribution < 1.29 is 19.0 Å². The molecule has 0 aliphatic carbocycles. The van der Waals surface area contributed by atoms with Gasteiger partial charge >= 0.3 is 5.97 Å². The second kappa shape index (κ2) is 8.80. The first-order valence-electron chi connectivity index (χ1n) is 10.2. The predicted molar refractivity (Wildman–Crippen MR) is 121 cm³/mol. The number of carboxylic acid groups (broad SMARTS) is 1. The maximum Gasteiger partial charge on any atom is 0.307 e. The maximum absolute atomic E-state index is 15.1. The summed E-state index contributed by atoms with van der Waals surface area (Å²) in [4.78, 5) is 15.2. The normalized spacial score (nSPS) is 11.1. The van der Waals surface area contributed by atoms with Crippen molar-refractivity contribution >= 4 is 16.9 Å². The lowest BCUT2D eigenvalue weighted by molar-refractivity contribution is -0.136. The van der Waals surface area contributed by atoms with E-state index in [1.807, 2.05) is 55.1 Å². The van der Waals surface area contributed by atoms with Crippen LogP contribution in [0.5, 0.6) is 5.75 Å². The lowest BCUT2D eigenvalue weighted by atomic mass is 9.98. The largest absolute Gasteiger partial charge is 0.489 e. The highest BCUT2D eigenvalue weighted by atomic mass is 19.1. The summed E-state index contributed by atoms with van der Waals surface area (Å²) >= 11 is 0. The zero-order valence-electron chi connectivity index (χ0n) is 17.9. The number of carbonyl (C=O) groups is 1. The molecule has 32 heavy (non-hydrogen) atoms. The third-order valence-electron chi connectivity index (χ3n) is 5.47. The van der Waals surface area contributed by atoms with Gasteiger partial charge in [-0.15, -0.1) is 0 Å². The summed E-state index contributed by atoms with van der Waals surface area (Å²) < 4.78 is 23.1. The van der Waals surface area contributed by atoms with Crippen LogP contribution in [0.15, 0.2) is 54.9 Å². The standard InChI is InChI=1S/C25H24FN3O3/c1-15-3-4-17(12-24(30)31)23(9-15)32-14-16-10-20(18-6-8-29(2)22(18)11-16)19-5-7-28-21(13-27)25(19)26/h3-11H,12-14,27H2,1-2H3,(H,30,31). The fourth-order valence-corrected chi connectivity index (χ4v) is 3.84. The number of fused-ring (bicyclic) bond motifs is 1. The van der Waals surface area contributed by atoms with Gasteiger partial charge in [0.05, 0.1) is 12.1 Å². The summed E-state index contributed by atoms with van der Waals surface area (Å²) in [5, 5.41) is 10.1. The quantitative estimate of drug-likeness (QED) is 0.452. The van der Waals surface area contributed by atoms with Crippen molar-refractivity contribution in [2.45, 2.75) is 26.5 Å². The topological polar surface area (TPSA) is 90.4 Å². The van der Waals surface area contributed by atoms with E-state index < -0.39 is 11.8 Å². The van der Waals surface area contributed by atoms with Gasteiger partial charge in [0.15, 0.2) is 5.82 Å².